The molecule has 0 radical (unpaired) electrons. The summed E-state index contributed by atoms with van der Waals surface area (Å²) in [5, 5.41) is 9.58. The molecule has 5 nitrogen and oxygen atoms in total. The Morgan fingerprint density at radius 3 is 2.82 bits per heavy atom. The summed E-state index contributed by atoms with van der Waals surface area (Å²) in [5.41, 5.74) is 1.68. The third-order valence-electron chi connectivity index (χ3n) is 4.17. The van der Waals surface area contributed by atoms with Crippen molar-refractivity contribution in [2.45, 2.75) is 38.3 Å². The van der Waals surface area contributed by atoms with E-state index in [2.05, 4.69) is 4.98 Å². The van der Waals surface area contributed by atoms with Gasteiger partial charge in [-0.3, -0.25) is 4.79 Å². The molecule has 1 aliphatic heterocycles. The van der Waals surface area contributed by atoms with Crippen molar-refractivity contribution in [2.75, 3.05) is 6.54 Å². The van der Waals surface area contributed by atoms with Crippen LogP contribution in [0, 0.1) is 0 Å². The lowest BCUT2D eigenvalue weighted by Crippen LogP contribution is -2.37. The number of amides is 1. The van der Waals surface area contributed by atoms with Gasteiger partial charge in [0.1, 0.15) is 0 Å². The van der Waals surface area contributed by atoms with Crippen molar-refractivity contribution in [3.63, 3.8) is 0 Å². The van der Waals surface area contributed by atoms with Crippen LogP contribution in [0.2, 0.25) is 0 Å². The predicted molar refractivity (Wildman–Crippen MR) is 83.9 cm³/mol. The molecule has 1 aromatic heterocycles. The molecule has 0 saturated carbocycles. The third kappa shape index (κ3) is 3.04. The first-order valence-electron chi connectivity index (χ1n) is 7.72. The lowest BCUT2D eigenvalue weighted by Gasteiger charge is -2.25. The summed E-state index contributed by atoms with van der Waals surface area (Å²) in [6, 6.07) is 7.72. The summed E-state index contributed by atoms with van der Waals surface area (Å²) in [7, 11) is 0. The number of aliphatic hydroxyl groups excluding tert-OH is 1. The van der Waals surface area contributed by atoms with Gasteiger partial charge in [0.15, 0.2) is 0 Å². The Balaban J connectivity index is 1.74. The van der Waals surface area contributed by atoms with Crippen LogP contribution in [0.25, 0.3) is 5.69 Å². The van der Waals surface area contributed by atoms with Crippen LogP contribution in [0.4, 0.5) is 0 Å². The van der Waals surface area contributed by atoms with Gasteiger partial charge in [0, 0.05) is 36.2 Å². The minimum Gasteiger partial charge on any atom is -0.393 e. The molecule has 2 heterocycles. The van der Waals surface area contributed by atoms with Crippen molar-refractivity contribution in [1.82, 2.24) is 14.5 Å². The topological polar surface area (TPSA) is 58.4 Å². The Morgan fingerprint density at radius 1 is 1.41 bits per heavy atom. The van der Waals surface area contributed by atoms with Crippen LogP contribution in [0.5, 0.6) is 0 Å². The van der Waals surface area contributed by atoms with E-state index in [0.29, 0.717) is 12.0 Å². The first-order valence-corrected chi connectivity index (χ1v) is 7.72. The van der Waals surface area contributed by atoms with Crippen LogP contribution in [0.15, 0.2) is 43.0 Å². The van der Waals surface area contributed by atoms with Gasteiger partial charge < -0.3 is 14.6 Å². The van der Waals surface area contributed by atoms with Crippen LogP contribution in [0.3, 0.4) is 0 Å². The largest absolute Gasteiger partial charge is 0.393 e. The highest BCUT2D eigenvalue weighted by atomic mass is 16.3. The van der Waals surface area contributed by atoms with Crippen molar-refractivity contribution in [3.8, 4) is 5.69 Å². The second kappa shape index (κ2) is 6.32. The molecule has 0 aliphatic carbocycles. The van der Waals surface area contributed by atoms with E-state index in [0.717, 1.165) is 25.1 Å². The van der Waals surface area contributed by atoms with Gasteiger partial charge in [-0.2, -0.15) is 0 Å². The molecule has 1 aliphatic rings. The average molecular weight is 299 g/mol. The molecule has 0 spiro atoms. The fraction of sp³-hybridized carbons (Fsp3) is 0.412. The van der Waals surface area contributed by atoms with Crippen LogP contribution in [-0.2, 0) is 0 Å². The first-order chi connectivity index (χ1) is 10.6. The molecule has 0 bridgehead atoms. The van der Waals surface area contributed by atoms with Gasteiger partial charge >= 0.3 is 0 Å². The van der Waals surface area contributed by atoms with Crippen LogP contribution >= 0.6 is 0 Å². The molecule has 2 unspecified atom stereocenters. The zero-order valence-corrected chi connectivity index (χ0v) is 12.7. The molecular weight excluding hydrogens is 278 g/mol. The summed E-state index contributed by atoms with van der Waals surface area (Å²) in [5.74, 6) is 0.0559. The van der Waals surface area contributed by atoms with Gasteiger partial charge in [0.2, 0.25) is 0 Å². The second-order valence-corrected chi connectivity index (χ2v) is 5.90. The van der Waals surface area contributed by atoms with E-state index < -0.39 is 0 Å². The normalized spacial score (nSPS) is 19.4. The number of rotatable bonds is 4. The smallest absolute Gasteiger partial charge is 0.254 e. The molecule has 3 rings (SSSR count). The van der Waals surface area contributed by atoms with E-state index in [1.54, 1.807) is 19.4 Å². The zero-order chi connectivity index (χ0) is 15.5. The van der Waals surface area contributed by atoms with Crippen molar-refractivity contribution in [3.05, 3.63) is 48.5 Å². The Morgan fingerprint density at radius 2 is 2.18 bits per heavy atom. The molecule has 1 fully saturated rings. The maximum Gasteiger partial charge on any atom is 0.254 e. The van der Waals surface area contributed by atoms with Gasteiger partial charge in [0.05, 0.1) is 12.4 Å². The quantitative estimate of drug-likeness (QED) is 0.942. The van der Waals surface area contributed by atoms with Gasteiger partial charge in [-0.05, 0) is 50.5 Å². The van der Waals surface area contributed by atoms with Crippen LogP contribution in [-0.4, -0.2) is 44.2 Å². The van der Waals surface area contributed by atoms with Crippen molar-refractivity contribution < 1.29 is 9.90 Å². The molecule has 116 valence electrons. The Hall–Kier alpha value is -2.14. The van der Waals surface area contributed by atoms with Gasteiger partial charge in [0.25, 0.3) is 5.91 Å². The maximum atomic E-state index is 12.7. The van der Waals surface area contributed by atoms with E-state index in [-0.39, 0.29) is 18.1 Å². The number of likely N-dealkylation sites (tertiary alicyclic amines) is 1. The predicted octanol–water partition coefficient (Wildman–Crippen LogP) is 2.25. The number of carbonyl (C=O) groups is 1. The summed E-state index contributed by atoms with van der Waals surface area (Å²) in [4.78, 5) is 18.6. The molecule has 2 atom stereocenters. The number of benzene rings is 1. The fourth-order valence-electron chi connectivity index (χ4n) is 3.10. The van der Waals surface area contributed by atoms with Gasteiger partial charge in [-0.25, -0.2) is 4.98 Å². The summed E-state index contributed by atoms with van der Waals surface area (Å²) in [6.07, 6.45) is 7.59. The first kappa shape index (κ1) is 14.8. The van der Waals surface area contributed by atoms with E-state index in [4.69, 9.17) is 0 Å². The molecule has 22 heavy (non-hydrogen) atoms. The van der Waals surface area contributed by atoms with Gasteiger partial charge in [-0.1, -0.05) is 0 Å². The number of carbonyl (C=O) groups excluding carboxylic acids is 1. The average Bonchev–Trinajstić information content (AvgIpc) is 3.17. The van der Waals surface area contributed by atoms with Crippen molar-refractivity contribution >= 4 is 5.91 Å². The highest BCUT2D eigenvalue weighted by Gasteiger charge is 2.30. The van der Waals surface area contributed by atoms with E-state index in [1.807, 2.05) is 39.9 Å². The van der Waals surface area contributed by atoms with E-state index >= 15 is 0 Å². The minimum atomic E-state index is -0.373. The molecule has 2 aromatic rings. The Bertz CT molecular complexity index is 620. The maximum absolute atomic E-state index is 12.7. The Labute approximate surface area is 130 Å². The molecule has 1 N–H and O–H groups in total. The summed E-state index contributed by atoms with van der Waals surface area (Å²) in [6.45, 7) is 2.56. The Kier molecular flexibility index (Phi) is 4.24. The number of aliphatic hydroxyl groups is 1. The lowest BCUT2D eigenvalue weighted by molar-refractivity contribution is 0.0682. The molecule has 1 amide bonds. The highest BCUT2D eigenvalue weighted by molar-refractivity contribution is 5.94. The third-order valence-corrected chi connectivity index (χ3v) is 4.17. The van der Waals surface area contributed by atoms with Crippen LogP contribution < -0.4 is 0 Å². The summed E-state index contributed by atoms with van der Waals surface area (Å²) < 4.78 is 1.90. The van der Waals surface area contributed by atoms with E-state index in [9.17, 15) is 9.90 Å². The number of imidazole rings is 1. The SMILES string of the molecule is CC(O)CC1CCCN1C(=O)c1ccc(-n2ccnc2)cc1. The van der Waals surface area contributed by atoms with Gasteiger partial charge in [-0.15, -0.1) is 0 Å². The molecular formula is C17H21N3O2. The monoisotopic (exact) mass is 299 g/mol. The molecule has 5 heteroatoms. The fourth-order valence-corrected chi connectivity index (χ4v) is 3.10. The number of hydrogen-bond acceptors (Lipinski definition) is 3. The van der Waals surface area contributed by atoms with Crippen molar-refractivity contribution in [2.24, 2.45) is 0 Å². The molecule has 1 saturated heterocycles. The standard InChI is InChI=1S/C17H21N3O2/c1-13(21)11-16-3-2-9-20(16)17(22)14-4-6-15(7-5-14)19-10-8-18-12-19/h4-8,10,12-13,16,21H,2-3,9,11H2,1H3. The lowest BCUT2D eigenvalue weighted by atomic mass is 10.1. The number of nitrogens with zero attached hydrogens (tertiary/aromatic N) is 3. The summed E-state index contributed by atoms with van der Waals surface area (Å²) >= 11 is 0. The van der Waals surface area contributed by atoms with Crippen LogP contribution in [0.1, 0.15) is 36.5 Å². The zero-order valence-electron chi connectivity index (χ0n) is 12.7. The number of aromatic nitrogens is 2. The second-order valence-electron chi connectivity index (χ2n) is 5.90. The highest BCUT2D eigenvalue weighted by Crippen LogP contribution is 2.24. The number of hydrogen-bond donors (Lipinski definition) is 1. The van der Waals surface area contributed by atoms with E-state index in [1.165, 1.54) is 0 Å². The minimum absolute atomic E-state index is 0.0559. The van der Waals surface area contributed by atoms with Crippen molar-refractivity contribution in [1.29, 1.82) is 0 Å². The molecule has 1 aromatic carbocycles.